The summed E-state index contributed by atoms with van der Waals surface area (Å²) in [6, 6.07) is 19.7. The molecule has 0 bridgehead atoms. The number of fused-ring (bicyclic) bond motifs is 2. The molecule has 6 N–H and O–H groups in total. The molecule has 24 nitrogen and oxygen atoms in total. The van der Waals surface area contributed by atoms with Crippen molar-refractivity contribution >= 4 is 242 Å². The van der Waals surface area contributed by atoms with Crippen LogP contribution in [0.15, 0.2) is 57.6 Å². The monoisotopic (exact) mass is 2780 g/mol. The summed E-state index contributed by atoms with van der Waals surface area (Å²) >= 11 is 27.5. The van der Waals surface area contributed by atoms with Crippen molar-refractivity contribution in [1.29, 1.82) is 0 Å². The van der Waals surface area contributed by atoms with Gasteiger partial charge in [-0.3, -0.25) is 0 Å². The van der Waals surface area contributed by atoms with Crippen LogP contribution in [0.3, 0.4) is 0 Å². The zero-order valence-electron chi connectivity index (χ0n) is 72.7. The van der Waals surface area contributed by atoms with Gasteiger partial charge in [-0.15, -0.1) is 0 Å². The number of alkyl halides is 4. The number of piperidine rings is 4. The molecular formula is C84H137ClI9N14O10V2-2. The summed E-state index contributed by atoms with van der Waals surface area (Å²) in [6.07, 6.45) is 23.9. The van der Waals surface area contributed by atoms with Gasteiger partial charge in [0.2, 0.25) is 0 Å². The number of nitrogens with two attached hydrogens (primary N) is 1. The second-order valence-corrected chi connectivity index (χ2v) is 91.8. The van der Waals surface area contributed by atoms with Crippen molar-refractivity contribution in [2.75, 3.05) is 90.1 Å². The molecule has 4 saturated heterocycles. The van der Waals surface area contributed by atoms with Crippen molar-refractivity contribution in [1.82, 2.24) is 61.3 Å². The van der Waals surface area contributed by atoms with E-state index in [1.807, 2.05) is 93.9 Å². The molecule has 36 heteroatoms. The number of nitrogens with one attached hydrogen (secondary N) is 4. The molecular weight excluding hydrogens is 2640 g/mol. The van der Waals surface area contributed by atoms with Gasteiger partial charge < -0.3 is 94.0 Å². The fourth-order valence-electron chi connectivity index (χ4n) is 15.0. The van der Waals surface area contributed by atoms with Crippen LogP contribution in [0.25, 0.3) is 44.7 Å². The topological polar surface area (TPSA) is 277 Å². The van der Waals surface area contributed by atoms with Crippen LogP contribution in [-0.4, -0.2) is 215 Å². The van der Waals surface area contributed by atoms with Crippen molar-refractivity contribution in [2.45, 2.75) is 283 Å². The fraction of sp³-hybridized carbons (Fsp3) is 0.690. The summed E-state index contributed by atoms with van der Waals surface area (Å²) in [5, 5.41) is 25.1. The molecule has 3 aliphatic carbocycles. The Morgan fingerprint density at radius 1 is 0.575 bits per heavy atom. The number of amides is 2. The number of rotatable bonds is 13. The molecule has 0 spiro atoms. The quantitative estimate of drug-likeness (QED) is 0.0311. The molecule has 7 fully saturated rings. The summed E-state index contributed by atoms with van der Waals surface area (Å²) < 4.78 is 45.8. The minimum atomic E-state index is -0.459. The molecule has 8 heterocycles. The van der Waals surface area contributed by atoms with Crippen LogP contribution < -0.4 is 31.9 Å². The van der Waals surface area contributed by atoms with Gasteiger partial charge in [-0.2, -0.15) is 9.97 Å². The van der Waals surface area contributed by atoms with Crippen LogP contribution in [0.1, 0.15) is 201 Å². The molecule has 120 heavy (non-hydrogen) atoms. The van der Waals surface area contributed by atoms with E-state index in [-0.39, 0.29) is 63.7 Å². The maximum atomic E-state index is 12.2. The number of hydrogen-bond acceptors (Lipinski definition) is 22. The third-order valence-electron chi connectivity index (χ3n) is 20.5. The number of benzene rings is 2. The molecule has 13 rings (SSSR count). The van der Waals surface area contributed by atoms with Crippen molar-refractivity contribution < 1.29 is 61.4 Å². The van der Waals surface area contributed by atoms with Crippen molar-refractivity contribution in [3.8, 4) is 22.9 Å². The average molecular weight is 2780 g/mol. The predicted octanol–water partition coefficient (Wildman–Crippen LogP) is 23.1. The summed E-state index contributed by atoms with van der Waals surface area (Å²) in [6.45, 7) is 27.4. The van der Waals surface area contributed by atoms with Crippen molar-refractivity contribution in [3.63, 3.8) is 0 Å². The van der Waals surface area contributed by atoms with Crippen LogP contribution in [0.2, 0.25) is 5.15 Å². The van der Waals surface area contributed by atoms with Crippen LogP contribution in [0.4, 0.5) is 15.4 Å². The number of nitrogens with zero attached hydrogens (tertiary/aromatic N) is 9. The molecule has 0 radical (unpaired) electrons. The number of carbonyl (C=O) groups excluding carboxylic acids is 2. The Labute approximate surface area is 846 Å². The number of hydrogen-bond donors (Lipinski definition) is 5. The number of aryl methyl sites for hydroxylation is 4. The predicted molar refractivity (Wildman–Crippen MR) is 566 cm³/mol. The van der Waals surface area contributed by atoms with Gasteiger partial charge in [0.25, 0.3) is 11.8 Å². The van der Waals surface area contributed by atoms with Crippen LogP contribution in [-0.2, 0) is 42.8 Å². The number of aromatic nitrogens is 6. The SMILES string of the molecule is C.CCI.CO[C@H]1CN(C(=O)OC(C)(C)C)CC[C@H]1N.CO[C@H]1CN(C(=O)OC(C)(C)C)CC[C@H]1NC1CCCCC1.CO[C@H]1CN(c2nc3ccc(C)cc3cc2-c2nc(C)no2)CC[C@H]1NC1CCCCC1.CO[C@H]1CNCC[C@H]1NC1CCCCC1.Cc1ccc2nc(Cl)c(-c3nc(C)no3)cc2c1.IC(I)I.[CH3-].[CH3-].[I][V]([I])[I].[I][V][I]. The van der Waals surface area contributed by atoms with Gasteiger partial charge in [-0.25, -0.2) is 19.6 Å². The Morgan fingerprint density at radius 3 is 1.34 bits per heavy atom. The van der Waals surface area contributed by atoms with E-state index in [9.17, 15) is 9.59 Å². The summed E-state index contributed by atoms with van der Waals surface area (Å²) in [5.41, 5.74) is 10.7. The van der Waals surface area contributed by atoms with E-state index in [4.69, 9.17) is 59.8 Å². The van der Waals surface area contributed by atoms with Crippen molar-refractivity contribution in [3.05, 3.63) is 91.3 Å². The van der Waals surface area contributed by atoms with Crippen LogP contribution in [0, 0.1) is 42.5 Å². The summed E-state index contributed by atoms with van der Waals surface area (Å²) in [7, 11) is 7.63. The number of methoxy groups -OCH3 is 4. The normalized spacial score (nSPS) is 21.4. The van der Waals surface area contributed by atoms with Crippen LogP contribution >= 0.6 is 202 Å². The van der Waals surface area contributed by atoms with E-state index in [0.717, 1.165) is 91.2 Å². The zero-order valence-corrected chi connectivity index (χ0v) is 95.7. The van der Waals surface area contributed by atoms with Gasteiger partial charge in [0.05, 0.1) is 59.7 Å². The van der Waals surface area contributed by atoms with E-state index in [1.54, 1.807) is 30.9 Å². The number of likely N-dealkylation sites (tertiary alicyclic amines) is 2. The first-order valence-corrected chi connectivity index (χ1v) is 68.7. The Morgan fingerprint density at radius 2 is 0.942 bits per heavy atom. The summed E-state index contributed by atoms with van der Waals surface area (Å²) in [5.74, 6) is 3.01. The maximum absolute atomic E-state index is 12.2. The first-order chi connectivity index (χ1) is 55.6. The molecule has 2 aromatic carbocycles. The molecule has 4 aliphatic heterocycles. The molecule has 6 aromatic rings. The fourth-order valence-corrected chi connectivity index (χ4v) is 15.2. The van der Waals surface area contributed by atoms with Gasteiger partial charge in [0.15, 0.2) is 11.6 Å². The number of halogens is 10. The molecule has 0 unspecified atom stereocenters. The second kappa shape index (κ2) is 63.6. The van der Waals surface area contributed by atoms with E-state index >= 15 is 0 Å². The Hall–Kier alpha value is 1.55. The molecule has 7 aliphatic rings. The first kappa shape index (κ1) is 118. The first-order valence-electron chi connectivity index (χ1n) is 40.5. The number of anilines is 1. The van der Waals surface area contributed by atoms with Gasteiger partial charge in [-0.05, 0) is 181 Å². The molecule has 8 atom stereocenters. The van der Waals surface area contributed by atoms with Gasteiger partial charge in [-0.1, -0.05) is 208 Å². The number of ether oxygens (including phenoxy) is 6. The van der Waals surface area contributed by atoms with Gasteiger partial charge in [0, 0.05) is 114 Å². The third kappa shape index (κ3) is 44.8. The van der Waals surface area contributed by atoms with E-state index < -0.39 is 11.2 Å². The Balaban J connectivity index is 0.000000497. The van der Waals surface area contributed by atoms with Crippen molar-refractivity contribution in [2.24, 2.45) is 5.73 Å². The Bertz CT molecular complexity index is 3780. The van der Waals surface area contributed by atoms with E-state index in [0.29, 0.717) is 99.6 Å². The van der Waals surface area contributed by atoms with Crippen LogP contribution in [0.5, 0.6) is 0 Å². The van der Waals surface area contributed by atoms with Gasteiger partial charge >= 0.3 is 126 Å². The number of pyridine rings is 2. The molecule has 4 aromatic heterocycles. The van der Waals surface area contributed by atoms with E-state index in [1.165, 1.54) is 118 Å². The minimum absolute atomic E-state index is 0. The van der Waals surface area contributed by atoms with Gasteiger partial charge in [0.1, 0.15) is 22.1 Å². The summed E-state index contributed by atoms with van der Waals surface area (Å²) in [4.78, 5) is 47.5. The zero-order chi connectivity index (χ0) is 86.4. The third-order valence-corrected chi connectivity index (χ3v) is 20.8. The second-order valence-electron chi connectivity index (χ2n) is 31.9. The van der Waals surface area contributed by atoms with E-state index in [2.05, 4.69) is 280 Å². The molecule has 685 valence electrons. The average Bonchev–Trinajstić information content (AvgIpc) is 1.22. The molecule has 3 saturated carbocycles. The Kier molecular flexibility index (Phi) is 62.4. The molecule has 2 amide bonds. The number of carbonyl (C=O) groups is 2. The standard InChI is InChI=1S/C25H33N5O2.C17H32N2O3.C13H10ClN3O.C12H24N2O.C11H22N2O3.C2H5I.CHI3.CH4.2CH3.5HI.2V/c1-16-9-10-21-18(13-16)14-20(25-26-17(2)29-32-25)24(28-21)30-12-11-22(23(15-30)31-3)27-19-7-5-4-6-8-19;1-17(2,3)22-16(20)19-11-10-14(15(12-19)21-4)18-13-8-6-5-7-9-13;1-7-3-4-11-9(5-7)6-10(12(14)16-11)13-15-8(2)17-18-13;1-15-12-9-13-8-7-11(12)14-10-5-3-2-4-6-10;1-11(2,3)16-10(14)13-6-5-8(12)9(7-13)15-4;1-2-3;2-1(3)4;;;;;;;;;;/h9-10,13-14,19,22-23,27H,4-8,11-12,15H2,1-3H3;13-15,18H,5-12H2,1-4H3;3-6H,1-2H3;10-14H,2-9H2,1H3;8-9H,5-7,12H2,1-4H3;2H2,1H3;1H;1H4;2*1H3;5*1H;;/q;;;;;;;;2*-1;;;;;;+2;+3/p-5/t22-,23+;14-,15+;;11-,12+;8-,9+;;;;;;;;;;;;/m11.11............/s1.